The summed E-state index contributed by atoms with van der Waals surface area (Å²) >= 11 is 0.855. The summed E-state index contributed by atoms with van der Waals surface area (Å²) in [6, 6.07) is 1.06. The van der Waals surface area contributed by atoms with Crippen LogP contribution in [0.25, 0.3) is 0 Å². The summed E-state index contributed by atoms with van der Waals surface area (Å²) in [7, 11) is -3.30. The van der Waals surface area contributed by atoms with E-state index in [2.05, 4.69) is 0 Å². The van der Waals surface area contributed by atoms with Crippen LogP contribution in [0, 0.1) is 10.1 Å². The van der Waals surface area contributed by atoms with Gasteiger partial charge in [0, 0.05) is 12.3 Å². The van der Waals surface area contributed by atoms with Crippen LogP contribution in [0.2, 0.25) is 0 Å². The molecule has 0 spiro atoms. The van der Waals surface area contributed by atoms with Crippen LogP contribution in [-0.4, -0.2) is 19.6 Å². The van der Waals surface area contributed by atoms with Crippen molar-refractivity contribution in [2.45, 2.75) is 4.21 Å². The van der Waals surface area contributed by atoms with Crippen LogP contribution in [-0.2, 0) is 9.84 Å². The van der Waals surface area contributed by atoms with Crippen LogP contribution >= 0.6 is 11.3 Å². The molecule has 1 aromatic rings. The average molecular weight is 207 g/mol. The van der Waals surface area contributed by atoms with Crippen LogP contribution in [0.4, 0.5) is 5.69 Å². The molecule has 0 bridgehead atoms. The van der Waals surface area contributed by atoms with Gasteiger partial charge in [-0.15, -0.1) is 11.3 Å². The van der Waals surface area contributed by atoms with Crippen molar-refractivity contribution in [3.63, 3.8) is 0 Å². The molecule has 0 aliphatic heterocycles. The molecule has 0 radical (unpaired) electrons. The zero-order chi connectivity index (χ0) is 9.35. The molecule has 1 aromatic heterocycles. The third-order valence-electron chi connectivity index (χ3n) is 1.14. The molecule has 1 heterocycles. The smallest absolute Gasteiger partial charge is 0.258 e. The lowest BCUT2D eigenvalue weighted by molar-refractivity contribution is -0.384. The topological polar surface area (TPSA) is 77.3 Å². The number of hydrogen-bond donors (Lipinski definition) is 0. The Bertz CT molecular complexity index is 405. The molecular weight excluding hydrogens is 202 g/mol. The fourth-order valence-corrected chi connectivity index (χ4v) is 2.36. The Balaban J connectivity index is 3.17. The van der Waals surface area contributed by atoms with Crippen molar-refractivity contribution in [3.05, 3.63) is 21.6 Å². The number of rotatable bonds is 2. The number of sulfone groups is 1. The highest BCUT2D eigenvalue weighted by Crippen LogP contribution is 2.24. The molecule has 1 rings (SSSR count). The largest absolute Gasteiger partial charge is 0.281 e. The molecule has 0 saturated heterocycles. The average Bonchev–Trinajstić information content (AvgIpc) is 2.30. The molecule has 0 N–H and O–H groups in total. The molecule has 0 fully saturated rings. The van der Waals surface area contributed by atoms with E-state index in [1.165, 1.54) is 5.38 Å². The van der Waals surface area contributed by atoms with E-state index in [1.807, 2.05) is 0 Å². The Kier molecular flexibility index (Phi) is 2.16. The van der Waals surface area contributed by atoms with Crippen LogP contribution < -0.4 is 0 Å². The summed E-state index contributed by atoms with van der Waals surface area (Å²) in [4.78, 5) is 9.54. The van der Waals surface area contributed by atoms with E-state index in [0.29, 0.717) is 0 Å². The summed E-state index contributed by atoms with van der Waals surface area (Å²) in [6.45, 7) is 0. The van der Waals surface area contributed by atoms with Crippen molar-refractivity contribution in [3.8, 4) is 0 Å². The number of thiophene rings is 1. The Morgan fingerprint density at radius 1 is 1.58 bits per heavy atom. The van der Waals surface area contributed by atoms with Crippen molar-refractivity contribution in [1.29, 1.82) is 0 Å². The minimum absolute atomic E-state index is 0.0224. The van der Waals surface area contributed by atoms with Crippen molar-refractivity contribution < 1.29 is 13.3 Å². The Morgan fingerprint density at radius 3 is 2.42 bits per heavy atom. The Morgan fingerprint density at radius 2 is 2.17 bits per heavy atom. The van der Waals surface area contributed by atoms with Gasteiger partial charge in [0.15, 0.2) is 9.84 Å². The molecule has 0 atom stereocenters. The molecule has 0 amide bonds. The van der Waals surface area contributed by atoms with Crippen molar-refractivity contribution in [1.82, 2.24) is 0 Å². The van der Waals surface area contributed by atoms with Crippen LogP contribution in [0.3, 0.4) is 0 Å². The van der Waals surface area contributed by atoms with Gasteiger partial charge in [-0.3, -0.25) is 10.1 Å². The predicted octanol–water partition coefficient (Wildman–Crippen LogP) is 1.06. The lowest BCUT2D eigenvalue weighted by Gasteiger charge is -1.86. The molecule has 12 heavy (non-hydrogen) atoms. The second-order valence-corrected chi connectivity index (χ2v) is 5.31. The highest BCUT2D eigenvalue weighted by molar-refractivity contribution is 7.92. The lowest BCUT2D eigenvalue weighted by Crippen LogP contribution is -1.92. The van der Waals surface area contributed by atoms with E-state index < -0.39 is 14.8 Å². The maximum atomic E-state index is 10.9. The molecule has 0 aliphatic rings. The van der Waals surface area contributed by atoms with Gasteiger partial charge in [-0.25, -0.2) is 8.42 Å². The van der Waals surface area contributed by atoms with Crippen LogP contribution in [0.5, 0.6) is 0 Å². The van der Waals surface area contributed by atoms with Gasteiger partial charge in [0.25, 0.3) is 5.69 Å². The maximum Gasteiger partial charge on any atom is 0.281 e. The van der Waals surface area contributed by atoms with Crippen molar-refractivity contribution >= 4 is 26.9 Å². The lowest BCUT2D eigenvalue weighted by atomic mass is 10.6. The second-order valence-electron chi connectivity index (χ2n) is 2.15. The minimum Gasteiger partial charge on any atom is -0.258 e. The fraction of sp³-hybridized carbons (Fsp3) is 0.200. The van der Waals surface area contributed by atoms with Gasteiger partial charge < -0.3 is 0 Å². The van der Waals surface area contributed by atoms with Gasteiger partial charge in [-0.1, -0.05) is 0 Å². The van der Waals surface area contributed by atoms with E-state index >= 15 is 0 Å². The molecule has 0 saturated carbocycles. The highest BCUT2D eigenvalue weighted by atomic mass is 32.2. The first-order chi connectivity index (χ1) is 5.41. The normalized spacial score (nSPS) is 11.4. The fourth-order valence-electron chi connectivity index (χ4n) is 0.597. The summed E-state index contributed by atoms with van der Waals surface area (Å²) < 4.78 is 21.7. The van der Waals surface area contributed by atoms with Crippen LogP contribution in [0.15, 0.2) is 15.7 Å². The first kappa shape index (κ1) is 9.14. The molecule has 0 aromatic carbocycles. The molecule has 66 valence electrons. The molecule has 0 aliphatic carbocycles. The summed E-state index contributed by atoms with van der Waals surface area (Å²) in [5.74, 6) is 0. The summed E-state index contributed by atoms with van der Waals surface area (Å²) in [5.41, 5.74) is -0.180. The van der Waals surface area contributed by atoms with E-state index in [4.69, 9.17) is 0 Å². The van der Waals surface area contributed by atoms with Crippen molar-refractivity contribution in [2.75, 3.05) is 6.26 Å². The Labute approximate surface area is 72.7 Å². The van der Waals surface area contributed by atoms with E-state index in [-0.39, 0.29) is 9.90 Å². The first-order valence-corrected chi connectivity index (χ1v) is 5.61. The standard InChI is InChI=1S/C5H5NO4S2/c1-12(9,10)5-2-4(3-11-5)6(7)8/h2-3H,1H3. The third-order valence-corrected chi connectivity index (χ3v) is 3.89. The molecule has 0 unspecified atom stereocenters. The van der Waals surface area contributed by atoms with Gasteiger partial charge in [-0.2, -0.15) is 0 Å². The van der Waals surface area contributed by atoms with Gasteiger partial charge >= 0.3 is 0 Å². The number of nitro groups is 1. The quantitative estimate of drug-likeness (QED) is 0.536. The molecule has 5 nitrogen and oxygen atoms in total. The zero-order valence-corrected chi connectivity index (χ0v) is 7.68. The maximum absolute atomic E-state index is 10.9. The van der Waals surface area contributed by atoms with E-state index in [9.17, 15) is 18.5 Å². The van der Waals surface area contributed by atoms with Gasteiger partial charge in [0.1, 0.15) is 4.21 Å². The molecule has 7 heteroatoms. The predicted molar refractivity (Wildman–Crippen MR) is 44.1 cm³/mol. The summed E-state index contributed by atoms with van der Waals surface area (Å²) in [6.07, 6.45) is 1.02. The Hall–Kier alpha value is -0.950. The highest BCUT2D eigenvalue weighted by Gasteiger charge is 2.15. The monoisotopic (exact) mass is 207 g/mol. The van der Waals surface area contributed by atoms with Gasteiger partial charge in [0.05, 0.1) is 10.3 Å². The van der Waals surface area contributed by atoms with Crippen molar-refractivity contribution in [2.24, 2.45) is 0 Å². The summed E-state index contributed by atoms with van der Waals surface area (Å²) in [5, 5.41) is 11.4. The molecular formula is C5H5NO4S2. The van der Waals surface area contributed by atoms with Gasteiger partial charge in [-0.05, 0) is 0 Å². The third kappa shape index (κ3) is 1.80. The number of hydrogen-bond acceptors (Lipinski definition) is 5. The zero-order valence-electron chi connectivity index (χ0n) is 6.05. The second kappa shape index (κ2) is 2.83. The minimum atomic E-state index is -3.30. The van der Waals surface area contributed by atoms with E-state index in [1.54, 1.807) is 0 Å². The van der Waals surface area contributed by atoms with Gasteiger partial charge in [0.2, 0.25) is 0 Å². The SMILES string of the molecule is CS(=O)(=O)c1cc([N+](=O)[O-])cs1. The van der Waals surface area contributed by atoms with E-state index in [0.717, 1.165) is 23.7 Å². The number of nitrogens with zero attached hydrogens (tertiary/aromatic N) is 1. The first-order valence-electron chi connectivity index (χ1n) is 2.84. The van der Waals surface area contributed by atoms with Crippen LogP contribution in [0.1, 0.15) is 0 Å².